The van der Waals surface area contributed by atoms with Gasteiger partial charge in [-0.25, -0.2) is 0 Å². The molecule has 0 spiro atoms. The van der Waals surface area contributed by atoms with Crippen LogP contribution in [0.15, 0.2) is 146 Å². The number of rotatable bonds is 57. The van der Waals surface area contributed by atoms with Gasteiger partial charge >= 0.3 is 11.9 Å². The van der Waals surface area contributed by atoms with Gasteiger partial charge in [0, 0.05) is 12.8 Å². The van der Waals surface area contributed by atoms with E-state index >= 15 is 0 Å². The van der Waals surface area contributed by atoms with Gasteiger partial charge in [0.05, 0.1) is 40.3 Å². The molecular formula is C72H117NO8. The Balaban J connectivity index is 4.25. The fraction of sp³-hybridized carbons (Fsp3) is 0.625. The zero-order valence-corrected chi connectivity index (χ0v) is 52.1. The summed E-state index contributed by atoms with van der Waals surface area (Å²) in [6.07, 6.45) is 86.1. The summed E-state index contributed by atoms with van der Waals surface area (Å²) in [5, 5.41) is 11.8. The Hall–Kier alpha value is -4.83. The summed E-state index contributed by atoms with van der Waals surface area (Å²) in [5.74, 6) is -2.32. The molecule has 0 aromatic rings. The molecule has 0 radical (unpaired) electrons. The molecule has 0 aliphatic rings. The van der Waals surface area contributed by atoms with Crippen LogP contribution in [0, 0.1) is 0 Å². The summed E-state index contributed by atoms with van der Waals surface area (Å²) in [4.78, 5) is 37.4. The van der Waals surface area contributed by atoms with Crippen LogP contribution >= 0.6 is 0 Å². The number of likely N-dealkylation sites (N-methyl/N-ethyl adjacent to an activating group) is 1. The van der Waals surface area contributed by atoms with Crippen molar-refractivity contribution < 1.29 is 42.9 Å². The summed E-state index contributed by atoms with van der Waals surface area (Å²) in [6, 6.07) is 0. The number of ether oxygens (including phenoxy) is 4. The van der Waals surface area contributed by atoms with Crippen LogP contribution in [0.4, 0.5) is 0 Å². The van der Waals surface area contributed by atoms with Gasteiger partial charge in [-0.05, 0) is 116 Å². The highest BCUT2D eigenvalue weighted by molar-refractivity contribution is 5.70. The van der Waals surface area contributed by atoms with Gasteiger partial charge in [0.2, 0.25) is 0 Å². The monoisotopic (exact) mass is 1120 g/mol. The Morgan fingerprint density at radius 1 is 0.370 bits per heavy atom. The number of quaternary nitrogens is 1. The third-order valence-electron chi connectivity index (χ3n) is 13.1. The van der Waals surface area contributed by atoms with Gasteiger partial charge in [-0.1, -0.05) is 250 Å². The Labute approximate surface area is 496 Å². The van der Waals surface area contributed by atoms with E-state index in [0.717, 1.165) is 135 Å². The van der Waals surface area contributed by atoms with Crippen molar-refractivity contribution >= 4 is 17.9 Å². The molecule has 0 aromatic carbocycles. The van der Waals surface area contributed by atoms with Gasteiger partial charge in [0.15, 0.2) is 12.4 Å². The smallest absolute Gasteiger partial charge is 0.306 e. The minimum absolute atomic E-state index is 0.137. The maximum atomic E-state index is 12.9. The number of carboxylic acids is 1. The second-order valence-corrected chi connectivity index (χ2v) is 21.9. The topological polar surface area (TPSA) is 111 Å². The highest BCUT2D eigenvalue weighted by Gasteiger charge is 2.22. The van der Waals surface area contributed by atoms with Crippen LogP contribution in [0.2, 0.25) is 0 Å². The molecule has 458 valence electrons. The maximum Gasteiger partial charge on any atom is 0.306 e. The fourth-order valence-corrected chi connectivity index (χ4v) is 8.25. The van der Waals surface area contributed by atoms with Crippen LogP contribution < -0.4 is 5.11 Å². The summed E-state index contributed by atoms with van der Waals surface area (Å²) >= 11 is 0. The fourth-order valence-electron chi connectivity index (χ4n) is 8.25. The predicted octanol–water partition coefficient (Wildman–Crippen LogP) is 18.2. The number of unbranched alkanes of at least 4 members (excludes halogenated alkanes) is 18. The molecule has 0 aliphatic heterocycles. The quantitative estimate of drug-likeness (QED) is 0.0195. The molecule has 0 N–H and O–H groups in total. The number of aliphatic carboxylic acids is 1. The van der Waals surface area contributed by atoms with E-state index < -0.39 is 24.3 Å². The molecule has 2 unspecified atom stereocenters. The summed E-state index contributed by atoms with van der Waals surface area (Å²) < 4.78 is 22.7. The minimum atomic E-state index is -1.64. The Morgan fingerprint density at radius 3 is 0.988 bits per heavy atom. The number of carbonyl (C=O) groups is 3. The van der Waals surface area contributed by atoms with Gasteiger partial charge < -0.3 is 33.3 Å². The van der Waals surface area contributed by atoms with Crippen LogP contribution in [-0.2, 0) is 33.3 Å². The lowest BCUT2D eigenvalue weighted by atomic mass is 10.0. The highest BCUT2D eigenvalue weighted by atomic mass is 16.7. The largest absolute Gasteiger partial charge is 0.545 e. The van der Waals surface area contributed by atoms with E-state index in [4.69, 9.17) is 18.9 Å². The first-order chi connectivity index (χ1) is 39.6. The van der Waals surface area contributed by atoms with Gasteiger partial charge in [-0.15, -0.1) is 0 Å². The molecule has 0 rings (SSSR count). The van der Waals surface area contributed by atoms with Gasteiger partial charge in [0.25, 0.3) is 0 Å². The van der Waals surface area contributed by atoms with Crippen molar-refractivity contribution in [1.82, 2.24) is 0 Å². The number of carbonyl (C=O) groups excluding carboxylic acids is 3. The van der Waals surface area contributed by atoms with E-state index in [9.17, 15) is 19.5 Å². The zero-order valence-electron chi connectivity index (χ0n) is 52.1. The van der Waals surface area contributed by atoms with Crippen molar-refractivity contribution in [3.8, 4) is 0 Å². The molecule has 0 saturated heterocycles. The molecule has 9 heteroatoms. The van der Waals surface area contributed by atoms with Crippen LogP contribution in [0.1, 0.15) is 232 Å². The molecule has 0 fully saturated rings. The number of allylic oxidation sites excluding steroid dienone is 24. The SMILES string of the molecule is CC/C=C\C/C=C\C/C=C\C/C=C\C/C=C\C/C=C\CCCCCCCCCCCCCCC(=O)OC(COC(=O)CCCCCCCC/C=C\C/C=C\C/C=C\C/C=C\C/C=C\C/C=C\CC)COC(OCC[N+](C)(C)C)C(=O)[O-]. The predicted molar refractivity (Wildman–Crippen MR) is 342 cm³/mol. The average Bonchev–Trinajstić information content (AvgIpc) is 3.44. The Bertz CT molecular complexity index is 1840. The molecule has 0 heterocycles. The first-order valence-electron chi connectivity index (χ1n) is 32.0. The minimum Gasteiger partial charge on any atom is -0.545 e. The molecule has 0 amide bonds. The maximum absolute atomic E-state index is 12.9. The van der Waals surface area contributed by atoms with Crippen molar-refractivity contribution in [2.24, 2.45) is 0 Å². The van der Waals surface area contributed by atoms with E-state index in [1.165, 1.54) is 57.8 Å². The molecule has 0 bridgehead atoms. The standard InChI is InChI=1S/C72H117NO8/c1-6-8-10-12-14-16-18-20-22-24-26-28-30-32-33-34-35-36-37-39-41-43-45-47-49-51-53-55-57-59-61-63-70(75)81-68(67-80-72(71(76)77)78-65-64-73(3,4)5)66-79-69(74)62-60-58-56-54-52-50-48-46-44-42-40-38-31-29-27-25-23-21-19-17-15-13-11-9-7-2/h8-11,14-17,20-23,26-29,32-33,35-36,38,40,44,46,68,72H,6-7,12-13,18-19,24-25,30-31,34,37,39,41-43,45,47-67H2,1-5H3/b10-8-,11-9-,16-14-,17-15-,22-20-,23-21-,28-26-,29-27-,33-32-,36-35-,40-38-,46-44-. The van der Waals surface area contributed by atoms with E-state index in [1.807, 2.05) is 21.1 Å². The normalized spacial score (nSPS) is 13.7. The van der Waals surface area contributed by atoms with Gasteiger partial charge in [-0.2, -0.15) is 0 Å². The third kappa shape index (κ3) is 62.6. The van der Waals surface area contributed by atoms with E-state index in [2.05, 4.69) is 160 Å². The lowest BCUT2D eigenvalue weighted by Gasteiger charge is -2.26. The average molecular weight is 1120 g/mol. The summed E-state index contributed by atoms with van der Waals surface area (Å²) in [7, 11) is 5.91. The number of hydrogen-bond donors (Lipinski definition) is 0. The van der Waals surface area contributed by atoms with Crippen molar-refractivity contribution in [3.05, 3.63) is 146 Å². The molecule has 0 aromatic heterocycles. The van der Waals surface area contributed by atoms with E-state index in [0.29, 0.717) is 23.9 Å². The Morgan fingerprint density at radius 2 is 0.667 bits per heavy atom. The number of hydrogen-bond acceptors (Lipinski definition) is 8. The third-order valence-corrected chi connectivity index (χ3v) is 13.1. The van der Waals surface area contributed by atoms with Crippen LogP contribution in [-0.4, -0.2) is 82.3 Å². The van der Waals surface area contributed by atoms with Crippen LogP contribution in [0.5, 0.6) is 0 Å². The van der Waals surface area contributed by atoms with Gasteiger partial charge in [-0.3, -0.25) is 9.59 Å². The van der Waals surface area contributed by atoms with Crippen LogP contribution in [0.3, 0.4) is 0 Å². The summed E-state index contributed by atoms with van der Waals surface area (Å²) in [6.45, 7) is 4.49. The molecule has 2 atom stereocenters. The van der Waals surface area contributed by atoms with Gasteiger partial charge in [0.1, 0.15) is 13.2 Å². The second-order valence-electron chi connectivity index (χ2n) is 21.9. The summed E-state index contributed by atoms with van der Waals surface area (Å²) in [5.41, 5.74) is 0. The van der Waals surface area contributed by atoms with E-state index in [1.54, 1.807) is 0 Å². The molecule has 81 heavy (non-hydrogen) atoms. The number of nitrogens with zero attached hydrogens (tertiary/aromatic N) is 1. The number of carboxylic acid groups (broad SMARTS) is 1. The Kier molecular flexibility index (Phi) is 57.6. The van der Waals surface area contributed by atoms with Crippen LogP contribution in [0.25, 0.3) is 0 Å². The molecule has 0 aliphatic carbocycles. The van der Waals surface area contributed by atoms with Crippen molar-refractivity contribution in [2.45, 2.75) is 245 Å². The highest BCUT2D eigenvalue weighted by Crippen LogP contribution is 2.15. The van der Waals surface area contributed by atoms with Crippen molar-refractivity contribution in [1.29, 1.82) is 0 Å². The lowest BCUT2D eigenvalue weighted by molar-refractivity contribution is -0.870. The number of esters is 2. The van der Waals surface area contributed by atoms with Crippen molar-refractivity contribution in [3.63, 3.8) is 0 Å². The first-order valence-corrected chi connectivity index (χ1v) is 32.0. The zero-order chi connectivity index (χ0) is 59.1. The van der Waals surface area contributed by atoms with E-state index in [-0.39, 0.29) is 38.6 Å². The lowest BCUT2D eigenvalue weighted by Crippen LogP contribution is -2.44. The first kappa shape index (κ1) is 76.2. The molecule has 0 saturated carbocycles. The van der Waals surface area contributed by atoms with Crippen molar-refractivity contribution in [2.75, 3.05) is 47.5 Å². The molecule has 9 nitrogen and oxygen atoms in total. The molecular weight excluding hydrogens is 1010 g/mol. The second kappa shape index (κ2) is 61.2.